The van der Waals surface area contributed by atoms with Crippen LogP contribution in [0.3, 0.4) is 0 Å². The highest BCUT2D eigenvalue weighted by molar-refractivity contribution is 5.90. The molecule has 0 bridgehead atoms. The molecule has 6 nitrogen and oxygen atoms in total. The van der Waals surface area contributed by atoms with Gasteiger partial charge in [0.05, 0.1) is 5.56 Å². The van der Waals surface area contributed by atoms with E-state index >= 15 is 0 Å². The number of benzene rings is 1. The maximum Gasteiger partial charge on any atom is 0.338 e. The molecule has 0 saturated heterocycles. The Morgan fingerprint density at radius 1 is 0.952 bits per heavy atom. The molecule has 0 spiro atoms. The molecule has 0 aliphatic heterocycles. The highest BCUT2D eigenvalue weighted by atomic mass is 16.5. The van der Waals surface area contributed by atoms with Crippen LogP contribution in [0, 0.1) is 43.4 Å². The van der Waals surface area contributed by atoms with Crippen LogP contribution in [0.15, 0.2) is 18.2 Å². The second-order valence-electron chi connectivity index (χ2n) is 14.5. The van der Waals surface area contributed by atoms with Crippen molar-refractivity contribution in [3.05, 3.63) is 34.9 Å². The van der Waals surface area contributed by atoms with Gasteiger partial charge < -0.3 is 26.4 Å². The Bertz CT molecular complexity index is 1040. The van der Waals surface area contributed by atoms with E-state index in [0.717, 1.165) is 61.7 Å². The van der Waals surface area contributed by atoms with Crippen LogP contribution in [0.4, 0.5) is 0 Å². The van der Waals surface area contributed by atoms with Crippen molar-refractivity contribution in [2.75, 3.05) is 27.2 Å². The van der Waals surface area contributed by atoms with Crippen molar-refractivity contribution in [3.63, 3.8) is 0 Å². The average Bonchev–Trinajstić information content (AvgIpc) is 3.38. The molecule has 9 unspecified atom stereocenters. The number of carbonyl (C=O) groups is 1. The van der Waals surface area contributed by atoms with Gasteiger partial charge in [-0.3, -0.25) is 0 Å². The van der Waals surface area contributed by atoms with Crippen molar-refractivity contribution in [1.82, 2.24) is 16.0 Å². The lowest BCUT2D eigenvalue weighted by molar-refractivity contribution is -0.0959. The summed E-state index contributed by atoms with van der Waals surface area (Å²) >= 11 is 0. The molecule has 4 saturated carbocycles. The van der Waals surface area contributed by atoms with E-state index in [4.69, 9.17) is 10.5 Å². The number of carbonyl (C=O) groups excluding carboxylic acids is 1. The summed E-state index contributed by atoms with van der Waals surface area (Å²) in [7, 11) is 4.48. The van der Waals surface area contributed by atoms with Gasteiger partial charge in [0.1, 0.15) is 6.10 Å². The van der Waals surface area contributed by atoms with Gasteiger partial charge >= 0.3 is 5.97 Å². The maximum absolute atomic E-state index is 13.1. The molecular weight excluding hydrogens is 520 g/mol. The van der Waals surface area contributed by atoms with Gasteiger partial charge in [-0.05, 0) is 160 Å². The molecule has 9 atom stereocenters. The summed E-state index contributed by atoms with van der Waals surface area (Å²) in [5.41, 5.74) is 9.23. The van der Waals surface area contributed by atoms with Gasteiger partial charge in [-0.1, -0.05) is 30.5 Å². The fourth-order valence-corrected chi connectivity index (χ4v) is 10.8. The van der Waals surface area contributed by atoms with Crippen LogP contribution in [-0.2, 0) is 4.74 Å². The first-order chi connectivity index (χ1) is 20.3. The van der Waals surface area contributed by atoms with Gasteiger partial charge in [0.15, 0.2) is 0 Å². The standard InChI is InChI=1S/C36H60N4O2/c1-6-19-40-33(9-7-8-18-37)32-13-12-30-29-11-10-27-23-28(42-34(41)26-21-24(2)20-25(3)22-26)14-16-35(27,38-4)31(29)15-17-36(30,32)39-5/h20-22,27-33,38-40H,6-19,23,37H2,1-5H3. The molecule has 5 N–H and O–H groups in total. The number of rotatable bonds is 12. The summed E-state index contributed by atoms with van der Waals surface area (Å²) in [5, 5.41) is 12.0. The predicted molar refractivity (Wildman–Crippen MR) is 173 cm³/mol. The van der Waals surface area contributed by atoms with Gasteiger partial charge in [-0.2, -0.15) is 0 Å². The first-order valence-electron chi connectivity index (χ1n) is 17.4. The first-order valence-corrected chi connectivity index (χ1v) is 17.4. The minimum Gasteiger partial charge on any atom is -0.459 e. The second kappa shape index (κ2) is 13.7. The average molecular weight is 581 g/mol. The summed E-state index contributed by atoms with van der Waals surface area (Å²) in [6.07, 6.45) is 15.7. The molecule has 236 valence electrons. The van der Waals surface area contributed by atoms with Crippen LogP contribution in [0.25, 0.3) is 0 Å². The Hall–Kier alpha value is -1.47. The van der Waals surface area contributed by atoms with Crippen LogP contribution in [0.2, 0.25) is 0 Å². The van der Waals surface area contributed by atoms with Crippen LogP contribution in [0.1, 0.15) is 112 Å². The van der Waals surface area contributed by atoms with Crippen molar-refractivity contribution in [3.8, 4) is 0 Å². The van der Waals surface area contributed by atoms with Crippen LogP contribution in [-0.4, -0.2) is 56.4 Å². The largest absolute Gasteiger partial charge is 0.459 e. The monoisotopic (exact) mass is 580 g/mol. The normalized spacial score (nSPS) is 36.5. The van der Waals surface area contributed by atoms with E-state index in [1.54, 1.807) is 0 Å². The maximum atomic E-state index is 13.1. The number of esters is 1. The Morgan fingerprint density at radius 3 is 2.36 bits per heavy atom. The number of fused-ring (bicyclic) bond motifs is 5. The molecule has 5 rings (SSSR count). The summed E-state index contributed by atoms with van der Waals surface area (Å²) in [4.78, 5) is 13.1. The molecular formula is C36H60N4O2. The summed E-state index contributed by atoms with van der Waals surface area (Å²) in [6, 6.07) is 6.63. The molecule has 4 aliphatic rings. The topological polar surface area (TPSA) is 88.4 Å². The van der Waals surface area contributed by atoms with Crippen LogP contribution >= 0.6 is 0 Å². The van der Waals surface area contributed by atoms with E-state index in [2.05, 4.69) is 43.0 Å². The van der Waals surface area contributed by atoms with Gasteiger partial charge in [0.2, 0.25) is 0 Å². The third-order valence-corrected chi connectivity index (χ3v) is 12.5. The zero-order chi connectivity index (χ0) is 29.9. The quantitative estimate of drug-likeness (QED) is 0.182. The van der Waals surface area contributed by atoms with Gasteiger partial charge in [0, 0.05) is 17.1 Å². The molecule has 0 radical (unpaired) electrons. The van der Waals surface area contributed by atoms with Crippen molar-refractivity contribution >= 4 is 5.97 Å². The smallest absolute Gasteiger partial charge is 0.338 e. The fraction of sp³-hybridized carbons (Fsp3) is 0.806. The molecule has 42 heavy (non-hydrogen) atoms. The molecule has 1 aromatic carbocycles. The number of nitrogens with one attached hydrogen (secondary N) is 3. The van der Waals surface area contributed by atoms with Crippen LogP contribution < -0.4 is 21.7 Å². The Labute approximate surface area is 256 Å². The molecule has 6 heteroatoms. The predicted octanol–water partition coefficient (Wildman–Crippen LogP) is 5.89. The minimum absolute atomic E-state index is 0.0242. The van der Waals surface area contributed by atoms with Gasteiger partial charge in [0.25, 0.3) is 0 Å². The van der Waals surface area contributed by atoms with Crippen molar-refractivity contribution < 1.29 is 9.53 Å². The van der Waals surface area contributed by atoms with E-state index in [-0.39, 0.29) is 23.2 Å². The molecule has 4 fully saturated rings. The van der Waals surface area contributed by atoms with Crippen molar-refractivity contribution in [1.29, 1.82) is 0 Å². The molecule has 0 amide bonds. The van der Waals surface area contributed by atoms with E-state index < -0.39 is 0 Å². The summed E-state index contributed by atoms with van der Waals surface area (Å²) < 4.78 is 6.19. The lowest BCUT2D eigenvalue weighted by Crippen LogP contribution is -2.68. The number of hydrogen-bond acceptors (Lipinski definition) is 6. The number of unbranched alkanes of at least 4 members (excludes halogenated alkanes) is 1. The third kappa shape index (κ3) is 5.95. The summed E-state index contributed by atoms with van der Waals surface area (Å²) in [6.45, 7) is 8.30. The number of ether oxygens (including phenoxy) is 1. The lowest BCUT2D eigenvalue weighted by atomic mass is 9.48. The SMILES string of the molecule is CCCNC(CCCCN)C1CCC2C3CCC4CC(OC(=O)c5cc(C)cc(C)c5)CCC4(NC)C3CCC12NC. The minimum atomic E-state index is -0.149. The van der Waals surface area contributed by atoms with E-state index in [9.17, 15) is 4.79 Å². The van der Waals surface area contributed by atoms with Crippen molar-refractivity contribution in [2.24, 2.45) is 35.3 Å². The van der Waals surface area contributed by atoms with Gasteiger partial charge in [-0.15, -0.1) is 0 Å². The first kappa shape index (κ1) is 31.9. The number of nitrogens with two attached hydrogens (primary N) is 1. The Balaban J connectivity index is 1.29. The zero-order valence-electron chi connectivity index (χ0n) is 27.3. The highest BCUT2D eigenvalue weighted by Crippen LogP contribution is 2.62. The Morgan fingerprint density at radius 2 is 1.67 bits per heavy atom. The van der Waals surface area contributed by atoms with Crippen molar-refractivity contribution in [2.45, 2.75) is 127 Å². The van der Waals surface area contributed by atoms with Gasteiger partial charge in [-0.25, -0.2) is 4.79 Å². The lowest BCUT2D eigenvalue weighted by Gasteiger charge is -2.62. The van der Waals surface area contributed by atoms with Crippen LogP contribution in [0.5, 0.6) is 0 Å². The number of hydrogen-bond donors (Lipinski definition) is 4. The zero-order valence-corrected chi connectivity index (χ0v) is 27.3. The molecule has 0 heterocycles. The molecule has 1 aromatic rings. The fourth-order valence-electron chi connectivity index (χ4n) is 10.8. The van der Waals surface area contributed by atoms with E-state index in [1.165, 1.54) is 57.8 Å². The second-order valence-corrected chi connectivity index (χ2v) is 14.5. The van der Waals surface area contributed by atoms with E-state index in [0.29, 0.717) is 29.4 Å². The third-order valence-electron chi connectivity index (χ3n) is 12.5. The Kier molecular flexibility index (Phi) is 10.4. The van der Waals surface area contributed by atoms with E-state index in [1.807, 2.05) is 26.0 Å². The summed E-state index contributed by atoms with van der Waals surface area (Å²) in [5.74, 6) is 3.35. The number of aryl methyl sites for hydroxylation is 2. The molecule has 0 aromatic heterocycles. The highest BCUT2D eigenvalue weighted by Gasteiger charge is 2.63. The molecule has 4 aliphatic carbocycles.